The van der Waals surface area contributed by atoms with Gasteiger partial charge in [-0.05, 0) is 48.6 Å². The first-order valence-electron chi connectivity index (χ1n) is 7.56. The van der Waals surface area contributed by atoms with E-state index >= 15 is 0 Å². The molecule has 1 unspecified atom stereocenters. The number of nitrogens with one attached hydrogen (secondary N) is 2. The van der Waals surface area contributed by atoms with Crippen molar-refractivity contribution in [2.24, 2.45) is 0 Å². The Bertz CT molecular complexity index is 697. The molecule has 0 radical (unpaired) electrons. The Balaban J connectivity index is 1.76. The summed E-state index contributed by atoms with van der Waals surface area (Å²) in [6, 6.07) is 13.3. The summed E-state index contributed by atoms with van der Waals surface area (Å²) in [6.07, 6.45) is 1.91. The van der Waals surface area contributed by atoms with E-state index in [1.165, 1.54) is 5.56 Å². The maximum absolute atomic E-state index is 12.2. The van der Waals surface area contributed by atoms with Crippen LogP contribution in [0.3, 0.4) is 0 Å². The molecule has 3 rings (SSSR count). The number of hydrogen-bond donors (Lipinski definition) is 3. The van der Waals surface area contributed by atoms with Crippen molar-refractivity contribution >= 4 is 17.4 Å². The third-order valence-electron chi connectivity index (χ3n) is 4.10. The van der Waals surface area contributed by atoms with Crippen molar-refractivity contribution in [1.82, 2.24) is 0 Å². The lowest BCUT2D eigenvalue weighted by Gasteiger charge is -2.23. The number of carbonyl (C=O) groups is 1. The highest BCUT2D eigenvalue weighted by atomic mass is 16.3. The van der Waals surface area contributed by atoms with E-state index in [4.69, 9.17) is 0 Å². The lowest BCUT2D eigenvalue weighted by atomic mass is 9.88. The standard InChI is InChI=1S/C18H20N2O2/c1-12-5-2-3-7-16(12)19-18(22)20-17-8-4-6-13-9-10-14(21)11-15(13)17/h2-8,14,21H,9-11H2,1H3,(H2,19,20,22). The van der Waals surface area contributed by atoms with Gasteiger partial charge in [0.15, 0.2) is 0 Å². The fourth-order valence-corrected chi connectivity index (χ4v) is 2.88. The van der Waals surface area contributed by atoms with Crippen molar-refractivity contribution in [1.29, 1.82) is 0 Å². The Morgan fingerprint density at radius 2 is 1.82 bits per heavy atom. The van der Waals surface area contributed by atoms with Gasteiger partial charge in [-0.2, -0.15) is 0 Å². The highest BCUT2D eigenvalue weighted by Gasteiger charge is 2.19. The lowest BCUT2D eigenvalue weighted by molar-refractivity contribution is 0.159. The van der Waals surface area contributed by atoms with Crippen LogP contribution in [0.15, 0.2) is 42.5 Å². The van der Waals surface area contributed by atoms with Crippen LogP contribution in [0.2, 0.25) is 0 Å². The quantitative estimate of drug-likeness (QED) is 0.794. The maximum Gasteiger partial charge on any atom is 0.323 e. The van der Waals surface area contributed by atoms with E-state index < -0.39 is 0 Å². The molecule has 114 valence electrons. The molecule has 0 aromatic heterocycles. The third-order valence-corrected chi connectivity index (χ3v) is 4.10. The van der Waals surface area contributed by atoms with Gasteiger partial charge in [-0.1, -0.05) is 30.3 Å². The van der Waals surface area contributed by atoms with Gasteiger partial charge in [0.05, 0.1) is 6.10 Å². The Kier molecular flexibility index (Phi) is 4.11. The number of anilines is 2. The molecule has 0 bridgehead atoms. The number of para-hydroxylation sites is 1. The zero-order valence-electron chi connectivity index (χ0n) is 12.6. The molecule has 0 spiro atoms. The third kappa shape index (κ3) is 3.12. The number of aryl methyl sites for hydroxylation is 2. The number of hydrogen-bond acceptors (Lipinski definition) is 2. The molecule has 0 fully saturated rings. The molecule has 3 N–H and O–H groups in total. The highest BCUT2D eigenvalue weighted by Crippen LogP contribution is 2.28. The fourth-order valence-electron chi connectivity index (χ4n) is 2.88. The molecule has 1 aliphatic rings. The first-order chi connectivity index (χ1) is 10.6. The number of rotatable bonds is 2. The summed E-state index contributed by atoms with van der Waals surface area (Å²) >= 11 is 0. The van der Waals surface area contributed by atoms with E-state index in [1.807, 2.05) is 43.3 Å². The number of benzene rings is 2. The molecule has 1 aliphatic carbocycles. The topological polar surface area (TPSA) is 61.4 Å². The monoisotopic (exact) mass is 296 g/mol. The normalized spacial score (nSPS) is 16.7. The number of urea groups is 1. The second-order valence-corrected chi connectivity index (χ2v) is 5.73. The van der Waals surface area contributed by atoms with Gasteiger partial charge < -0.3 is 15.7 Å². The van der Waals surface area contributed by atoms with Crippen LogP contribution in [0, 0.1) is 6.92 Å². The van der Waals surface area contributed by atoms with Crippen LogP contribution in [0.25, 0.3) is 0 Å². The van der Waals surface area contributed by atoms with Gasteiger partial charge in [-0.3, -0.25) is 0 Å². The van der Waals surface area contributed by atoms with Crippen LogP contribution in [0.1, 0.15) is 23.1 Å². The smallest absolute Gasteiger partial charge is 0.323 e. The van der Waals surface area contributed by atoms with Gasteiger partial charge in [0.2, 0.25) is 0 Å². The molecule has 1 atom stereocenters. The number of aliphatic hydroxyl groups excluding tert-OH is 1. The molecule has 0 heterocycles. The van der Waals surface area contributed by atoms with E-state index in [1.54, 1.807) is 0 Å². The van der Waals surface area contributed by atoms with Crippen molar-refractivity contribution in [3.8, 4) is 0 Å². The summed E-state index contributed by atoms with van der Waals surface area (Å²) in [5.74, 6) is 0. The number of fused-ring (bicyclic) bond motifs is 1. The minimum Gasteiger partial charge on any atom is -0.393 e. The summed E-state index contributed by atoms with van der Waals surface area (Å²) in [6.45, 7) is 1.95. The highest BCUT2D eigenvalue weighted by molar-refractivity contribution is 6.00. The summed E-state index contributed by atoms with van der Waals surface area (Å²) in [4.78, 5) is 12.2. The molecule has 0 saturated carbocycles. The minimum atomic E-state index is -0.324. The Labute approximate surface area is 130 Å². The molecule has 2 aromatic carbocycles. The van der Waals surface area contributed by atoms with Gasteiger partial charge in [0, 0.05) is 17.8 Å². The van der Waals surface area contributed by atoms with E-state index in [2.05, 4.69) is 16.7 Å². The van der Waals surface area contributed by atoms with Crippen LogP contribution in [-0.4, -0.2) is 17.2 Å². The molecule has 4 nitrogen and oxygen atoms in total. The van der Waals surface area contributed by atoms with Crippen LogP contribution in [0.5, 0.6) is 0 Å². The molecule has 22 heavy (non-hydrogen) atoms. The number of amides is 2. The molecular formula is C18H20N2O2. The zero-order chi connectivity index (χ0) is 15.5. The van der Waals surface area contributed by atoms with Crippen molar-refractivity contribution in [3.05, 3.63) is 59.2 Å². The van der Waals surface area contributed by atoms with Crippen molar-refractivity contribution in [2.45, 2.75) is 32.3 Å². The SMILES string of the molecule is Cc1ccccc1NC(=O)Nc1cccc2c1CC(O)CC2. The first-order valence-corrected chi connectivity index (χ1v) is 7.56. The number of carbonyl (C=O) groups excluding carboxylic acids is 1. The first kappa shape index (κ1) is 14.6. The van der Waals surface area contributed by atoms with Crippen molar-refractivity contribution < 1.29 is 9.90 Å². The molecule has 0 saturated heterocycles. The van der Waals surface area contributed by atoms with Gasteiger partial charge in [-0.25, -0.2) is 4.79 Å². The van der Waals surface area contributed by atoms with Crippen molar-refractivity contribution in [3.63, 3.8) is 0 Å². The Morgan fingerprint density at radius 1 is 1.09 bits per heavy atom. The minimum absolute atomic E-state index is 0.261. The largest absolute Gasteiger partial charge is 0.393 e. The summed E-state index contributed by atoms with van der Waals surface area (Å²) < 4.78 is 0. The molecule has 4 heteroatoms. The van der Waals surface area contributed by atoms with Gasteiger partial charge in [0.25, 0.3) is 0 Å². The molecule has 2 amide bonds. The molecule has 0 aliphatic heterocycles. The predicted molar refractivity (Wildman–Crippen MR) is 88.3 cm³/mol. The van der Waals surface area contributed by atoms with Crippen LogP contribution < -0.4 is 10.6 Å². The van der Waals surface area contributed by atoms with E-state index in [0.717, 1.165) is 35.3 Å². The Morgan fingerprint density at radius 3 is 2.64 bits per heavy atom. The van der Waals surface area contributed by atoms with Gasteiger partial charge in [-0.15, -0.1) is 0 Å². The second kappa shape index (κ2) is 6.20. The average molecular weight is 296 g/mol. The second-order valence-electron chi connectivity index (χ2n) is 5.73. The summed E-state index contributed by atoms with van der Waals surface area (Å²) in [5.41, 5.74) is 4.84. The van der Waals surface area contributed by atoms with Gasteiger partial charge >= 0.3 is 6.03 Å². The van der Waals surface area contributed by atoms with E-state index in [0.29, 0.717) is 6.42 Å². The lowest BCUT2D eigenvalue weighted by Crippen LogP contribution is -2.24. The summed E-state index contributed by atoms with van der Waals surface area (Å²) in [7, 11) is 0. The molecular weight excluding hydrogens is 276 g/mol. The van der Waals surface area contributed by atoms with E-state index in [-0.39, 0.29) is 12.1 Å². The molecule has 2 aromatic rings. The van der Waals surface area contributed by atoms with Crippen LogP contribution >= 0.6 is 0 Å². The Hall–Kier alpha value is -2.33. The van der Waals surface area contributed by atoms with E-state index in [9.17, 15) is 9.90 Å². The van der Waals surface area contributed by atoms with Gasteiger partial charge in [0.1, 0.15) is 0 Å². The summed E-state index contributed by atoms with van der Waals surface area (Å²) in [5, 5.41) is 15.6. The van der Waals surface area contributed by atoms with Crippen LogP contribution in [-0.2, 0) is 12.8 Å². The van der Waals surface area contributed by atoms with Crippen molar-refractivity contribution in [2.75, 3.05) is 10.6 Å². The average Bonchev–Trinajstić information content (AvgIpc) is 2.50. The fraction of sp³-hybridized carbons (Fsp3) is 0.278. The number of aliphatic hydroxyl groups is 1. The predicted octanol–water partition coefficient (Wildman–Crippen LogP) is 3.49. The maximum atomic E-state index is 12.2. The van der Waals surface area contributed by atoms with Crippen LogP contribution in [0.4, 0.5) is 16.2 Å². The zero-order valence-corrected chi connectivity index (χ0v) is 12.6.